The third kappa shape index (κ3) is 4.32. The summed E-state index contributed by atoms with van der Waals surface area (Å²) in [6.07, 6.45) is 1.33. The smallest absolute Gasteiger partial charge is 0.350 e. The zero-order valence-electron chi connectivity index (χ0n) is 18.9. The first-order chi connectivity index (χ1) is 15.7. The predicted octanol–water partition coefficient (Wildman–Crippen LogP) is 5.15. The second-order valence-electron chi connectivity index (χ2n) is 8.58. The molecule has 0 aliphatic carbocycles. The molecular formula is C25H26BrClN4O2. The van der Waals surface area contributed by atoms with Gasteiger partial charge in [-0.2, -0.15) is 4.98 Å². The molecule has 0 radical (unpaired) electrons. The average Bonchev–Trinajstić information content (AvgIpc) is 2.79. The third-order valence-electron chi connectivity index (χ3n) is 6.10. The highest BCUT2D eigenvalue weighted by Gasteiger charge is 2.29. The summed E-state index contributed by atoms with van der Waals surface area (Å²) in [4.78, 5) is 34.0. The number of nitrogens with zero attached hydrogens (tertiary/aromatic N) is 4. The van der Waals surface area contributed by atoms with Crippen LogP contribution in [0.1, 0.15) is 32.3 Å². The molecule has 6 nitrogen and oxygen atoms in total. The van der Waals surface area contributed by atoms with Gasteiger partial charge in [-0.15, -0.1) is 0 Å². The summed E-state index contributed by atoms with van der Waals surface area (Å²) in [5.74, 6) is 0.724. The molecule has 2 aromatic carbocycles. The lowest BCUT2D eigenvalue weighted by Crippen LogP contribution is -2.54. The maximum atomic E-state index is 13.5. The topological polar surface area (TPSA) is 58.4 Å². The van der Waals surface area contributed by atoms with Crippen LogP contribution >= 0.6 is 27.5 Å². The van der Waals surface area contributed by atoms with Gasteiger partial charge in [0, 0.05) is 35.5 Å². The molecule has 1 aromatic heterocycles. The molecule has 172 valence electrons. The first-order valence-corrected chi connectivity index (χ1v) is 12.1. The van der Waals surface area contributed by atoms with Crippen molar-refractivity contribution in [2.45, 2.75) is 32.7 Å². The van der Waals surface area contributed by atoms with Gasteiger partial charge in [-0.1, -0.05) is 50.2 Å². The minimum Gasteiger partial charge on any atom is -0.350 e. The number of para-hydroxylation sites is 1. The molecule has 1 unspecified atom stereocenters. The maximum absolute atomic E-state index is 13.5. The highest BCUT2D eigenvalue weighted by atomic mass is 79.9. The Morgan fingerprint density at radius 2 is 2.00 bits per heavy atom. The monoisotopic (exact) mass is 528 g/mol. The van der Waals surface area contributed by atoms with E-state index in [0.29, 0.717) is 34.9 Å². The zero-order valence-corrected chi connectivity index (χ0v) is 21.2. The Kier molecular flexibility index (Phi) is 6.64. The molecule has 0 N–H and O–H groups in total. The number of rotatable bonds is 4. The van der Waals surface area contributed by atoms with E-state index >= 15 is 0 Å². The lowest BCUT2D eigenvalue weighted by molar-refractivity contribution is -0.126. The van der Waals surface area contributed by atoms with Gasteiger partial charge in [-0.25, -0.2) is 4.79 Å². The van der Waals surface area contributed by atoms with E-state index < -0.39 is 0 Å². The second-order valence-corrected chi connectivity index (χ2v) is 9.84. The van der Waals surface area contributed by atoms with Crippen LogP contribution in [0.5, 0.6) is 0 Å². The van der Waals surface area contributed by atoms with Crippen LogP contribution in [0.3, 0.4) is 0 Å². The van der Waals surface area contributed by atoms with Crippen LogP contribution in [0.2, 0.25) is 5.02 Å². The fraction of sp³-hybridized carbons (Fsp3) is 0.320. The van der Waals surface area contributed by atoms with Gasteiger partial charge in [-0.05, 0) is 58.6 Å². The summed E-state index contributed by atoms with van der Waals surface area (Å²) >= 11 is 10.0. The van der Waals surface area contributed by atoms with Crippen LogP contribution in [0.25, 0.3) is 16.6 Å². The second kappa shape index (κ2) is 9.31. The van der Waals surface area contributed by atoms with Gasteiger partial charge >= 0.3 is 5.69 Å². The van der Waals surface area contributed by atoms with Crippen LogP contribution < -0.4 is 10.6 Å². The van der Waals surface area contributed by atoms with Crippen molar-refractivity contribution in [2.75, 3.05) is 24.5 Å². The molecular weight excluding hydrogens is 504 g/mol. The molecule has 0 saturated carbocycles. The Morgan fingerprint density at radius 3 is 2.67 bits per heavy atom. The Balaban J connectivity index is 1.93. The van der Waals surface area contributed by atoms with Gasteiger partial charge in [0.15, 0.2) is 0 Å². The number of anilines is 1. The minimum atomic E-state index is -0.350. The molecule has 1 aliphatic rings. The molecule has 0 spiro atoms. The number of halogens is 2. The quantitative estimate of drug-likeness (QED) is 0.439. The van der Waals surface area contributed by atoms with Crippen LogP contribution in [0.15, 0.2) is 58.3 Å². The van der Waals surface area contributed by atoms with E-state index in [0.717, 1.165) is 22.2 Å². The van der Waals surface area contributed by atoms with Crippen LogP contribution in [-0.4, -0.2) is 46.0 Å². The molecule has 1 atom stereocenters. The van der Waals surface area contributed by atoms with E-state index in [1.165, 1.54) is 6.08 Å². The standard InChI is InChI=1S/C25H26BrClN4O2/c1-5-23(32)29-10-11-30(16(4)14-29)24-18-12-20(27)19(26)13-22(18)31(25(33)28-24)21-9-7-6-8-17(21)15(2)3/h5-9,12-13,15-16H,1,10-11,14H2,2-4H3. The highest BCUT2D eigenvalue weighted by molar-refractivity contribution is 9.10. The van der Waals surface area contributed by atoms with Crippen LogP contribution in [0, 0.1) is 0 Å². The van der Waals surface area contributed by atoms with Crippen molar-refractivity contribution in [3.63, 3.8) is 0 Å². The van der Waals surface area contributed by atoms with Crippen molar-refractivity contribution < 1.29 is 4.79 Å². The maximum Gasteiger partial charge on any atom is 0.354 e. The van der Waals surface area contributed by atoms with Crippen molar-refractivity contribution in [1.29, 1.82) is 0 Å². The number of hydrogen-bond acceptors (Lipinski definition) is 4. The van der Waals surface area contributed by atoms with Crippen molar-refractivity contribution >= 4 is 50.2 Å². The van der Waals surface area contributed by atoms with Crippen molar-refractivity contribution in [3.8, 4) is 5.69 Å². The van der Waals surface area contributed by atoms with E-state index in [1.807, 2.05) is 43.3 Å². The minimum absolute atomic E-state index is 0.0287. The molecule has 1 fully saturated rings. The van der Waals surface area contributed by atoms with Gasteiger partial charge < -0.3 is 9.80 Å². The molecule has 3 aromatic rings. The first kappa shape index (κ1) is 23.5. The fourth-order valence-corrected chi connectivity index (χ4v) is 4.93. The summed E-state index contributed by atoms with van der Waals surface area (Å²) in [5.41, 5.74) is 2.25. The van der Waals surface area contributed by atoms with Crippen molar-refractivity contribution in [3.05, 3.63) is 74.6 Å². The van der Waals surface area contributed by atoms with Crippen LogP contribution in [-0.2, 0) is 4.79 Å². The van der Waals surface area contributed by atoms with Crippen molar-refractivity contribution in [2.24, 2.45) is 0 Å². The Labute approximate surface area is 206 Å². The molecule has 1 aliphatic heterocycles. The SMILES string of the molecule is C=CC(=O)N1CCN(c2nc(=O)n(-c3ccccc3C(C)C)c3cc(Br)c(Cl)cc23)C(C)C1. The number of carbonyl (C=O) groups excluding carboxylic acids is 1. The zero-order chi connectivity index (χ0) is 23.9. The lowest BCUT2D eigenvalue weighted by atomic mass is 10.0. The van der Waals surface area contributed by atoms with Gasteiger partial charge in [0.2, 0.25) is 5.91 Å². The molecule has 8 heteroatoms. The van der Waals surface area contributed by atoms with E-state index in [9.17, 15) is 9.59 Å². The highest BCUT2D eigenvalue weighted by Crippen LogP contribution is 2.35. The number of hydrogen-bond donors (Lipinski definition) is 0. The van der Waals surface area contributed by atoms with E-state index in [-0.39, 0.29) is 23.6 Å². The molecule has 4 rings (SSSR count). The normalized spacial score (nSPS) is 16.5. The number of carbonyl (C=O) groups is 1. The number of benzene rings is 2. The summed E-state index contributed by atoms with van der Waals surface area (Å²) in [7, 11) is 0. The molecule has 0 bridgehead atoms. The van der Waals surface area contributed by atoms with E-state index in [2.05, 4.69) is 46.2 Å². The van der Waals surface area contributed by atoms with Crippen LogP contribution in [0.4, 0.5) is 5.82 Å². The summed E-state index contributed by atoms with van der Waals surface area (Å²) < 4.78 is 2.37. The van der Waals surface area contributed by atoms with E-state index in [1.54, 1.807) is 9.47 Å². The number of amides is 1. The van der Waals surface area contributed by atoms with Gasteiger partial charge in [-0.3, -0.25) is 9.36 Å². The summed E-state index contributed by atoms with van der Waals surface area (Å²) in [6.45, 7) is 11.4. The van der Waals surface area contributed by atoms with Gasteiger partial charge in [0.25, 0.3) is 0 Å². The summed E-state index contributed by atoms with van der Waals surface area (Å²) in [6, 6.07) is 11.6. The fourth-order valence-electron chi connectivity index (χ4n) is 4.44. The number of fused-ring (bicyclic) bond motifs is 1. The predicted molar refractivity (Wildman–Crippen MR) is 138 cm³/mol. The molecule has 33 heavy (non-hydrogen) atoms. The molecule has 2 heterocycles. The number of piperazine rings is 1. The lowest BCUT2D eigenvalue weighted by Gasteiger charge is -2.40. The van der Waals surface area contributed by atoms with Crippen molar-refractivity contribution in [1.82, 2.24) is 14.5 Å². The van der Waals surface area contributed by atoms with Gasteiger partial charge in [0.05, 0.1) is 16.2 Å². The molecule has 1 amide bonds. The van der Waals surface area contributed by atoms with E-state index in [4.69, 9.17) is 11.6 Å². The number of aromatic nitrogens is 2. The van der Waals surface area contributed by atoms with Gasteiger partial charge in [0.1, 0.15) is 5.82 Å². The first-order valence-electron chi connectivity index (χ1n) is 10.9. The average molecular weight is 530 g/mol. The third-order valence-corrected chi connectivity index (χ3v) is 7.30. The Bertz CT molecular complexity index is 1300. The Morgan fingerprint density at radius 1 is 1.27 bits per heavy atom. The summed E-state index contributed by atoms with van der Waals surface area (Å²) in [5, 5.41) is 1.33. The molecule has 1 saturated heterocycles. The Hall–Kier alpha value is -2.64. The largest absolute Gasteiger partial charge is 0.354 e.